The molecule has 1 saturated carbocycles. The molecule has 0 saturated heterocycles. The third-order valence-corrected chi connectivity index (χ3v) is 4.26. The first kappa shape index (κ1) is 14.5. The molecule has 1 aliphatic carbocycles. The fourth-order valence-electron chi connectivity index (χ4n) is 2.78. The van der Waals surface area contributed by atoms with Gasteiger partial charge in [0.1, 0.15) is 0 Å². The van der Waals surface area contributed by atoms with E-state index in [0.29, 0.717) is 17.6 Å². The summed E-state index contributed by atoms with van der Waals surface area (Å²) in [7, 11) is 2.07. The first-order valence-electron chi connectivity index (χ1n) is 7.16. The van der Waals surface area contributed by atoms with E-state index in [0.717, 1.165) is 5.56 Å². The Morgan fingerprint density at radius 2 is 1.74 bits per heavy atom. The van der Waals surface area contributed by atoms with Gasteiger partial charge < -0.3 is 0 Å². The summed E-state index contributed by atoms with van der Waals surface area (Å²) >= 11 is 5.84. The van der Waals surface area contributed by atoms with Crippen LogP contribution in [-0.2, 0) is 0 Å². The maximum Gasteiger partial charge on any atom is 0.176 e. The Kier molecular flexibility index (Phi) is 5.41. The van der Waals surface area contributed by atoms with Crippen LogP contribution in [0.2, 0.25) is 5.02 Å². The number of Topliss-reactive ketones (excluding diaryl/α,β-unsaturated/α-hetero) is 1. The third-order valence-electron chi connectivity index (χ3n) is 4.01. The van der Waals surface area contributed by atoms with Crippen LogP contribution in [0.1, 0.15) is 48.9 Å². The van der Waals surface area contributed by atoms with E-state index < -0.39 is 0 Å². The van der Waals surface area contributed by atoms with Crippen molar-refractivity contribution in [2.24, 2.45) is 0 Å². The molecule has 0 bridgehead atoms. The molecule has 2 rings (SSSR count). The molecule has 3 heteroatoms. The highest BCUT2D eigenvalue weighted by atomic mass is 35.5. The number of carbonyl (C=O) groups excluding carboxylic acids is 1. The fraction of sp³-hybridized carbons (Fsp3) is 0.562. The van der Waals surface area contributed by atoms with E-state index in [9.17, 15) is 4.79 Å². The van der Waals surface area contributed by atoms with Crippen molar-refractivity contribution < 1.29 is 4.79 Å². The molecule has 0 amide bonds. The molecule has 1 aromatic rings. The molecule has 1 aromatic carbocycles. The number of likely N-dealkylation sites (N-methyl/N-ethyl adjacent to an activating group) is 1. The molecule has 1 fully saturated rings. The van der Waals surface area contributed by atoms with Gasteiger partial charge in [0, 0.05) is 16.6 Å². The minimum absolute atomic E-state index is 0.184. The average molecular weight is 280 g/mol. The first-order chi connectivity index (χ1) is 9.16. The molecule has 0 heterocycles. The van der Waals surface area contributed by atoms with Crippen molar-refractivity contribution in [1.29, 1.82) is 0 Å². The minimum atomic E-state index is 0.184. The number of hydrogen-bond acceptors (Lipinski definition) is 2. The van der Waals surface area contributed by atoms with Crippen LogP contribution in [0.5, 0.6) is 0 Å². The van der Waals surface area contributed by atoms with E-state index in [1.165, 1.54) is 38.5 Å². The van der Waals surface area contributed by atoms with Crippen LogP contribution in [0.25, 0.3) is 0 Å². The van der Waals surface area contributed by atoms with Crippen molar-refractivity contribution >= 4 is 17.4 Å². The Bertz CT molecular complexity index is 407. The zero-order valence-electron chi connectivity index (χ0n) is 11.6. The van der Waals surface area contributed by atoms with Crippen molar-refractivity contribution in [2.45, 2.75) is 44.6 Å². The van der Waals surface area contributed by atoms with E-state index in [1.807, 2.05) is 12.1 Å². The summed E-state index contributed by atoms with van der Waals surface area (Å²) in [6, 6.07) is 7.75. The van der Waals surface area contributed by atoms with Crippen LogP contribution in [0.4, 0.5) is 0 Å². The lowest BCUT2D eigenvalue weighted by molar-refractivity contribution is 0.0912. The molecule has 0 aliphatic heterocycles. The van der Waals surface area contributed by atoms with E-state index in [-0.39, 0.29) is 5.78 Å². The van der Waals surface area contributed by atoms with Gasteiger partial charge >= 0.3 is 0 Å². The number of rotatable bonds is 4. The molecular weight excluding hydrogens is 258 g/mol. The lowest BCUT2D eigenvalue weighted by Gasteiger charge is -2.26. The van der Waals surface area contributed by atoms with E-state index in [1.54, 1.807) is 12.1 Å². The second-order valence-electron chi connectivity index (χ2n) is 5.49. The van der Waals surface area contributed by atoms with Gasteiger partial charge in [-0.05, 0) is 44.2 Å². The van der Waals surface area contributed by atoms with Gasteiger partial charge in [0.25, 0.3) is 0 Å². The number of halogens is 1. The predicted octanol–water partition coefficient (Wildman–Crippen LogP) is 4.18. The average Bonchev–Trinajstić information content (AvgIpc) is 2.68. The van der Waals surface area contributed by atoms with Crippen LogP contribution < -0.4 is 0 Å². The van der Waals surface area contributed by atoms with Crippen LogP contribution in [0.3, 0.4) is 0 Å². The second-order valence-corrected chi connectivity index (χ2v) is 5.93. The molecule has 0 radical (unpaired) electrons. The summed E-state index contributed by atoms with van der Waals surface area (Å²) in [5, 5.41) is 0.675. The molecule has 0 N–H and O–H groups in total. The zero-order valence-corrected chi connectivity index (χ0v) is 12.3. The summed E-state index contributed by atoms with van der Waals surface area (Å²) in [5.74, 6) is 0.184. The monoisotopic (exact) mass is 279 g/mol. The smallest absolute Gasteiger partial charge is 0.176 e. The Balaban J connectivity index is 1.92. The Morgan fingerprint density at radius 3 is 2.32 bits per heavy atom. The van der Waals surface area contributed by atoms with Gasteiger partial charge in [-0.15, -0.1) is 0 Å². The third kappa shape index (κ3) is 4.32. The zero-order chi connectivity index (χ0) is 13.7. The summed E-state index contributed by atoms with van der Waals surface area (Å²) in [6.07, 6.45) is 7.73. The van der Waals surface area contributed by atoms with Crippen molar-refractivity contribution in [2.75, 3.05) is 13.6 Å². The summed E-state index contributed by atoms with van der Waals surface area (Å²) in [6.45, 7) is 0.506. The summed E-state index contributed by atoms with van der Waals surface area (Å²) in [4.78, 5) is 14.4. The molecule has 1 aliphatic rings. The number of carbonyl (C=O) groups is 1. The van der Waals surface area contributed by atoms with Gasteiger partial charge in [-0.1, -0.05) is 37.3 Å². The number of ketones is 1. The molecule has 0 atom stereocenters. The molecule has 19 heavy (non-hydrogen) atoms. The summed E-state index contributed by atoms with van der Waals surface area (Å²) in [5.41, 5.74) is 0.755. The quantitative estimate of drug-likeness (QED) is 0.609. The lowest BCUT2D eigenvalue weighted by atomic mass is 10.1. The molecule has 2 nitrogen and oxygen atoms in total. The second kappa shape index (κ2) is 7.06. The SMILES string of the molecule is CN(CC(=O)c1ccc(Cl)cc1)C1CCCCCC1. The van der Waals surface area contributed by atoms with Gasteiger partial charge in [0.05, 0.1) is 6.54 Å². The largest absolute Gasteiger partial charge is 0.296 e. The number of hydrogen-bond donors (Lipinski definition) is 0. The Labute approximate surface area is 120 Å². The Morgan fingerprint density at radius 1 is 1.16 bits per heavy atom. The van der Waals surface area contributed by atoms with Crippen molar-refractivity contribution in [3.63, 3.8) is 0 Å². The highest BCUT2D eigenvalue weighted by molar-refractivity contribution is 6.30. The van der Waals surface area contributed by atoms with Crippen LogP contribution in [0.15, 0.2) is 24.3 Å². The van der Waals surface area contributed by atoms with E-state index in [2.05, 4.69) is 11.9 Å². The van der Waals surface area contributed by atoms with Crippen LogP contribution in [0, 0.1) is 0 Å². The van der Waals surface area contributed by atoms with Gasteiger partial charge in [-0.2, -0.15) is 0 Å². The van der Waals surface area contributed by atoms with Gasteiger partial charge in [0.2, 0.25) is 0 Å². The number of nitrogens with zero attached hydrogens (tertiary/aromatic N) is 1. The fourth-order valence-corrected chi connectivity index (χ4v) is 2.91. The van der Waals surface area contributed by atoms with Gasteiger partial charge in [0.15, 0.2) is 5.78 Å². The first-order valence-corrected chi connectivity index (χ1v) is 7.53. The van der Waals surface area contributed by atoms with Crippen molar-refractivity contribution in [3.05, 3.63) is 34.9 Å². The highest BCUT2D eigenvalue weighted by Crippen LogP contribution is 2.21. The summed E-state index contributed by atoms with van der Waals surface area (Å²) < 4.78 is 0. The molecular formula is C16H22ClNO. The topological polar surface area (TPSA) is 20.3 Å². The van der Waals surface area contributed by atoms with Crippen molar-refractivity contribution in [1.82, 2.24) is 4.90 Å². The predicted molar refractivity (Wildman–Crippen MR) is 79.9 cm³/mol. The van der Waals surface area contributed by atoms with E-state index >= 15 is 0 Å². The maximum atomic E-state index is 12.2. The normalized spacial score (nSPS) is 17.4. The lowest BCUT2D eigenvalue weighted by Crippen LogP contribution is -2.35. The molecule has 104 valence electrons. The van der Waals surface area contributed by atoms with Crippen LogP contribution in [-0.4, -0.2) is 30.3 Å². The van der Waals surface area contributed by atoms with Crippen molar-refractivity contribution in [3.8, 4) is 0 Å². The minimum Gasteiger partial charge on any atom is -0.296 e. The Hall–Kier alpha value is -0.860. The van der Waals surface area contributed by atoms with E-state index in [4.69, 9.17) is 11.6 Å². The highest BCUT2D eigenvalue weighted by Gasteiger charge is 2.19. The van der Waals surface area contributed by atoms with Crippen LogP contribution >= 0.6 is 11.6 Å². The van der Waals surface area contributed by atoms with Gasteiger partial charge in [-0.25, -0.2) is 0 Å². The molecule has 0 aromatic heterocycles. The van der Waals surface area contributed by atoms with Gasteiger partial charge in [-0.3, -0.25) is 9.69 Å². The standard InChI is InChI=1S/C16H22ClNO/c1-18(15-6-4-2-3-5-7-15)12-16(19)13-8-10-14(17)11-9-13/h8-11,15H,2-7,12H2,1H3. The molecule has 0 spiro atoms. The molecule has 0 unspecified atom stereocenters. The number of benzene rings is 1. The maximum absolute atomic E-state index is 12.2.